The van der Waals surface area contributed by atoms with E-state index in [2.05, 4.69) is 22.6 Å². The maximum absolute atomic E-state index is 13.9. The molecule has 3 rings (SSSR count). The van der Waals surface area contributed by atoms with E-state index in [1.54, 1.807) is 18.7 Å². The highest BCUT2D eigenvalue weighted by atomic mass is 127. The number of carbonyl (C=O) groups excluding carboxylic acids is 2. The fraction of sp³-hybridized carbons (Fsp3) is 0.619. The van der Waals surface area contributed by atoms with E-state index in [0.717, 1.165) is 20.3 Å². The van der Waals surface area contributed by atoms with E-state index in [1.165, 1.54) is 0 Å². The molecule has 1 fully saturated rings. The third kappa shape index (κ3) is 4.28. The summed E-state index contributed by atoms with van der Waals surface area (Å²) in [6.07, 6.45) is -0.740. The molecule has 2 atom stereocenters. The molecule has 1 saturated carbocycles. The van der Waals surface area contributed by atoms with Crippen LogP contribution in [0.5, 0.6) is 0 Å². The summed E-state index contributed by atoms with van der Waals surface area (Å²) >= 11 is 2.09. The van der Waals surface area contributed by atoms with Crippen molar-refractivity contribution in [2.75, 3.05) is 6.61 Å². The Balaban J connectivity index is 1.98. The molecule has 8 heteroatoms. The summed E-state index contributed by atoms with van der Waals surface area (Å²) in [5.41, 5.74) is 3.73. The zero-order valence-electron chi connectivity index (χ0n) is 16.9. The van der Waals surface area contributed by atoms with Crippen molar-refractivity contribution in [2.24, 2.45) is 0 Å². The van der Waals surface area contributed by atoms with Gasteiger partial charge in [0.25, 0.3) is 0 Å². The lowest BCUT2D eigenvalue weighted by Crippen LogP contribution is -2.48. The summed E-state index contributed by atoms with van der Waals surface area (Å²) in [6.45, 7) is 5.78. The van der Waals surface area contributed by atoms with Gasteiger partial charge in [0.2, 0.25) is 11.8 Å². The number of benzene rings is 1. The number of hydrogen-bond acceptors (Lipinski definition) is 4. The van der Waals surface area contributed by atoms with Crippen molar-refractivity contribution in [3.63, 3.8) is 0 Å². The van der Waals surface area contributed by atoms with Gasteiger partial charge in [0.1, 0.15) is 0 Å². The van der Waals surface area contributed by atoms with Crippen molar-refractivity contribution in [3.05, 3.63) is 31.4 Å². The zero-order valence-corrected chi connectivity index (χ0v) is 19.0. The van der Waals surface area contributed by atoms with E-state index in [-0.39, 0.29) is 38.3 Å². The molecule has 160 valence electrons. The summed E-state index contributed by atoms with van der Waals surface area (Å²) in [5, 5.41) is 10.5. The van der Waals surface area contributed by atoms with Crippen LogP contribution in [-0.4, -0.2) is 40.5 Å². The van der Waals surface area contributed by atoms with E-state index in [4.69, 9.17) is 4.74 Å². The molecule has 1 heterocycles. The van der Waals surface area contributed by atoms with Gasteiger partial charge in [0, 0.05) is 34.6 Å². The smallest absolute Gasteiger partial charge is 0.339 e. The number of rotatable bonds is 4. The quantitative estimate of drug-likeness (QED) is 0.481. The Morgan fingerprint density at radius 1 is 1.34 bits per heavy atom. The summed E-state index contributed by atoms with van der Waals surface area (Å²) in [6, 6.07) is -0.457. The molecule has 0 radical (unpaired) electrons. The number of aliphatic hydroxyl groups excluding tert-OH is 1. The molecule has 1 unspecified atom stereocenters. The molecule has 1 N–H and O–H groups in total. The lowest BCUT2D eigenvalue weighted by atomic mass is 9.84. The molecule has 0 spiro atoms. The third-order valence-corrected chi connectivity index (χ3v) is 7.44. The van der Waals surface area contributed by atoms with Gasteiger partial charge >= 0.3 is 5.97 Å². The standard InChI is InChI=1S/C21H26F2INO4/c1-4-29-20(28)19(27)17-11(2)14-8-16(26)25(10-15(14)12(3)18(17)24)13-6-5-7-21(22,23)9-13/h13,19,27H,4-10H2,1-3H3/t13?,19-/m0/s1. The Morgan fingerprint density at radius 2 is 2.03 bits per heavy atom. The molecule has 0 saturated heterocycles. The maximum atomic E-state index is 13.9. The number of alkyl halides is 2. The Kier molecular flexibility index (Phi) is 6.53. The fourth-order valence-corrected chi connectivity index (χ4v) is 5.51. The van der Waals surface area contributed by atoms with Crippen molar-refractivity contribution in [3.8, 4) is 0 Å². The summed E-state index contributed by atoms with van der Waals surface area (Å²) in [7, 11) is 0. The monoisotopic (exact) mass is 521 g/mol. The second-order valence-corrected chi connectivity index (χ2v) is 8.97. The SMILES string of the molecule is CCOC(=O)[C@@H](O)c1c(C)c2c(c(C)c1I)CN(C1CCCC(F)(F)C1)C(=O)C2. The van der Waals surface area contributed by atoms with Crippen LogP contribution in [0.1, 0.15) is 66.5 Å². The van der Waals surface area contributed by atoms with Gasteiger partial charge in [-0.1, -0.05) is 0 Å². The molecule has 2 aliphatic rings. The van der Waals surface area contributed by atoms with Gasteiger partial charge in [-0.25, -0.2) is 13.6 Å². The Labute approximate surface area is 182 Å². The average molecular weight is 521 g/mol. The summed E-state index contributed by atoms with van der Waals surface area (Å²) < 4.78 is 33.5. The first-order valence-corrected chi connectivity index (χ1v) is 11.0. The minimum absolute atomic E-state index is 0.0868. The van der Waals surface area contributed by atoms with Gasteiger partial charge in [-0.15, -0.1) is 0 Å². The van der Waals surface area contributed by atoms with Crippen LogP contribution in [0, 0.1) is 17.4 Å². The first kappa shape index (κ1) is 22.4. The van der Waals surface area contributed by atoms with E-state index in [0.29, 0.717) is 24.0 Å². The number of aliphatic hydroxyl groups is 1. The van der Waals surface area contributed by atoms with Crippen molar-refractivity contribution < 1.29 is 28.2 Å². The highest BCUT2D eigenvalue weighted by molar-refractivity contribution is 14.1. The molecule has 5 nitrogen and oxygen atoms in total. The number of amides is 1. The van der Waals surface area contributed by atoms with Gasteiger partial charge in [-0.2, -0.15) is 0 Å². The predicted molar refractivity (Wildman–Crippen MR) is 112 cm³/mol. The number of ether oxygens (including phenoxy) is 1. The van der Waals surface area contributed by atoms with Crippen LogP contribution in [0.25, 0.3) is 0 Å². The Bertz CT molecular complexity index is 843. The lowest BCUT2D eigenvalue weighted by molar-refractivity contribution is -0.153. The van der Waals surface area contributed by atoms with Crippen LogP contribution >= 0.6 is 22.6 Å². The van der Waals surface area contributed by atoms with Gasteiger partial charge in [-0.05, 0) is 78.5 Å². The van der Waals surface area contributed by atoms with Crippen LogP contribution in [0.15, 0.2) is 0 Å². The van der Waals surface area contributed by atoms with E-state index >= 15 is 0 Å². The summed E-state index contributed by atoms with van der Waals surface area (Å²) in [5.74, 6) is -3.63. The Morgan fingerprint density at radius 3 is 2.66 bits per heavy atom. The number of nitrogens with zero attached hydrogens (tertiary/aromatic N) is 1. The van der Waals surface area contributed by atoms with Crippen LogP contribution in [0.3, 0.4) is 0 Å². The third-order valence-electron chi connectivity index (χ3n) is 6.05. The number of esters is 1. The molecule has 0 bridgehead atoms. The van der Waals surface area contributed by atoms with Gasteiger partial charge in [0.15, 0.2) is 6.10 Å². The van der Waals surface area contributed by atoms with Crippen LogP contribution in [0.2, 0.25) is 0 Å². The van der Waals surface area contributed by atoms with Crippen molar-refractivity contribution in [2.45, 2.75) is 77.5 Å². The van der Waals surface area contributed by atoms with E-state index in [1.807, 2.05) is 6.92 Å². The highest BCUT2D eigenvalue weighted by Gasteiger charge is 2.42. The first-order valence-electron chi connectivity index (χ1n) is 9.89. The van der Waals surface area contributed by atoms with Crippen molar-refractivity contribution in [1.29, 1.82) is 0 Å². The Hall–Kier alpha value is -1.29. The number of halogens is 3. The van der Waals surface area contributed by atoms with Gasteiger partial charge < -0.3 is 14.7 Å². The van der Waals surface area contributed by atoms with E-state index in [9.17, 15) is 23.5 Å². The topological polar surface area (TPSA) is 66.8 Å². The molecule has 0 aromatic heterocycles. The fourth-order valence-electron chi connectivity index (χ4n) is 4.49. The molecule has 1 aromatic rings. The number of carbonyl (C=O) groups is 2. The molecule has 1 aliphatic carbocycles. The second kappa shape index (κ2) is 8.45. The minimum Gasteiger partial charge on any atom is -0.464 e. The molecular weight excluding hydrogens is 495 g/mol. The zero-order chi connectivity index (χ0) is 21.5. The van der Waals surface area contributed by atoms with E-state index < -0.39 is 24.0 Å². The number of hydrogen-bond donors (Lipinski definition) is 1. The van der Waals surface area contributed by atoms with Crippen LogP contribution in [0.4, 0.5) is 8.78 Å². The number of fused-ring (bicyclic) bond motifs is 1. The second-order valence-electron chi connectivity index (χ2n) is 7.89. The lowest BCUT2D eigenvalue weighted by Gasteiger charge is -2.41. The van der Waals surface area contributed by atoms with Gasteiger partial charge in [-0.3, -0.25) is 4.79 Å². The molecule has 1 aliphatic heterocycles. The minimum atomic E-state index is -2.73. The average Bonchev–Trinajstić information content (AvgIpc) is 2.65. The maximum Gasteiger partial charge on any atom is 0.339 e. The van der Waals surface area contributed by atoms with Gasteiger partial charge in [0.05, 0.1) is 13.0 Å². The van der Waals surface area contributed by atoms with Crippen LogP contribution in [-0.2, 0) is 27.3 Å². The van der Waals surface area contributed by atoms with Crippen LogP contribution < -0.4 is 0 Å². The molecule has 1 aromatic carbocycles. The van der Waals surface area contributed by atoms with Crippen molar-refractivity contribution in [1.82, 2.24) is 4.90 Å². The molecule has 1 amide bonds. The van der Waals surface area contributed by atoms with Crippen molar-refractivity contribution >= 4 is 34.5 Å². The molecule has 29 heavy (non-hydrogen) atoms. The summed E-state index contributed by atoms with van der Waals surface area (Å²) in [4.78, 5) is 26.5. The highest BCUT2D eigenvalue weighted by Crippen LogP contribution is 2.40. The predicted octanol–water partition coefficient (Wildman–Crippen LogP) is 3.97. The first-order chi connectivity index (χ1) is 13.6. The normalized spacial score (nSPS) is 22.2. The molecular formula is C21H26F2INO4. The largest absolute Gasteiger partial charge is 0.464 e.